The van der Waals surface area contributed by atoms with Gasteiger partial charge in [-0.05, 0) is 50.2 Å². The molecule has 170 valence electrons. The molecule has 0 aromatic heterocycles. The Kier molecular flexibility index (Phi) is 8.08. The van der Waals surface area contributed by atoms with Crippen LogP contribution < -0.4 is 10.6 Å². The second-order valence-corrected chi connectivity index (χ2v) is 7.44. The molecule has 31 heavy (non-hydrogen) atoms. The third kappa shape index (κ3) is 5.19. The van der Waals surface area contributed by atoms with Crippen molar-refractivity contribution >= 4 is 17.3 Å². The molecule has 1 heterocycles. The topological polar surface area (TPSA) is 64.6 Å². The monoisotopic (exact) mass is 437 g/mol. The summed E-state index contributed by atoms with van der Waals surface area (Å²) in [4.78, 5) is 14.2. The van der Waals surface area contributed by atoms with Gasteiger partial charge in [0.1, 0.15) is 11.4 Å². The Morgan fingerprint density at radius 2 is 1.81 bits per heavy atom. The van der Waals surface area contributed by atoms with Gasteiger partial charge >= 0.3 is 0 Å². The standard InChI is InChI=1S/C21H24F3N3O2.C2H6/c1-4-25-13(3)21(29)10-27(11-21)20(28)14-6-7-15(22)18(24)19(14)26-17-8-5-12(2)9-16(17)23;1-2/h5-9,13,25-26,29H,4,10-11H2,1-3H3;1-2H3. The number of benzene rings is 2. The molecular formula is C23H30F3N3O2. The molecule has 1 saturated heterocycles. The van der Waals surface area contributed by atoms with Gasteiger partial charge in [-0.25, -0.2) is 13.2 Å². The van der Waals surface area contributed by atoms with Crippen LogP contribution in [0, 0.1) is 24.4 Å². The maximum absolute atomic E-state index is 14.5. The minimum absolute atomic E-state index is 0.0529. The van der Waals surface area contributed by atoms with Crippen LogP contribution >= 0.6 is 0 Å². The number of β-amino-alcohol motifs (C(OH)–C–C–N with tert-alkyl or cyclic N) is 1. The Morgan fingerprint density at radius 1 is 1.16 bits per heavy atom. The molecule has 0 spiro atoms. The molecule has 8 heteroatoms. The Labute approximate surface area is 181 Å². The number of carbonyl (C=O) groups is 1. The first-order chi connectivity index (χ1) is 14.7. The van der Waals surface area contributed by atoms with Crippen LogP contribution in [0.15, 0.2) is 30.3 Å². The van der Waals surface area contributed by atoms with E-state index < -0.39 is 34.6 Å². The van der Waals surface area contributed by atoms with Crippen LogP contribution in [-0.4, -0.2) is 47.2 Å². The quantitative estimate of drug-likeness (QED) is 0.628. The summed E-state index contributed by atoms with van der Waals surface area (Å²) in [6, 6.07) is 6.03. The number of nitrogens with one attached hydrogen (secondary N) is 2. The van der Waals surface area contributed by atoms with Gasteiger partial charge in [0.25, 0.3) is 5.91 Å². The van der Waals surface area contributed by atoms with Crippen LogP contribution in [0.4, 0.5) is 24.5 Å². The highest BCUT2D eigenvalue weighted by molar-refractivity contribution is 6.01. The smallest absolute Gasteiger partial charge is 0.256 e. The lowest BCUT2D eigenvalue weighted by atomic mass is 9.86. The molecule has 0 radical (unpaired) electrons. The van der Waals surface area contributed by atoms with Crippen molar-refractivity contribution < 1.29 is 23.1 Å². The van der Waals surface area contributed by atoms with E-state index in [1.54, 1.807) is 13.0 Å². The van der Waals surface area contributed by atoms with Crippen LogP contribution in [-0.2, 0) is 0 Å². The van der Waals surface area contributed by atoms with Crippen LogP contribution in [0.3, 0.4) is 0 Å². The number of hydrogen-bond acceptors (Lipinski definition) is 4. The number of nitrogens with zero attached hydrogens (tertiary/aromatic N) is 1. The Bertz CT molecular complexity index is 931. The molecule has 0 saturated carbocycles. The highest BCUT2D eigenvalue weighted by Crippen LogP contribution is 2.32. The number of hydrogen-bond donors (Lipinski definition) is 3. The molecule has 1 aliphatic rings. The number of carbonyl (C=O) groups excluding carboxylic acids is 1. The third-order valence-corrected chi connectivity index (χ3v) is 5.24. The van der Waals surface area contributed by atoms with Gasteiger partial charge in [-0.2, -0.15) is 0 Å². The Hall–Kier alpha value is -2.58. The number of aryl methyl sites for hydroxylation is 1. The van der Waals surface area contributed by atoms with Crippen molar-refractivity contribution in [2.24, 2.45) is 0 Å². The van der Waals surface area contributed by atoms with Crippen molar-refractivity contribution in [3.05, 3.63) is 58.9 Å². The molecule has 0 aliphatic carbocycles. The zero-order valence-corrected chi connectivity index (χ0v) is 18.5. The zero-order valence-electron chi connectivity index (χ0n) is 18.5. The van der Waals surface area contributed by atoms with E-state index in [1.807, 2.05) is 27.7 Å². The van der Waals surface area contributed by atoms with E-state index >= 15 is 0 Å². The van der Waals surface area contributed by atoms with E-state index in [2.05, 4.69) is 10.6 Å². The number of halogens is 3. The number of amides is 1. The molecular weight excluding hydrogens is 407 g/mol. The van der Waals surface area contributed by atoms with Gasteiger partial charge in [0.2, 0.25) is 0 Å². The fourth-order valence-electron chi connectivity index (χ4n) is 3.41. The van der Waals surface area contributed by atoms with Crippen LogP contribution in [0.2, 0.25) is 0 Å². The summed E-state index contributed by atoms with van der Waals surface area (Å²) < 4.78 is 42.5. The first-order valence-electron chi connectivity index (χ1n) is 10.4. The van der Waals surface area contributed by atoms with Crippen LogP contribution in [0.1, 0.15) is 43.6 Å². The number of likely N-dealkylation sites (N-methyl/N-ethyl adjacent to an activating group) is 1. The molecule has 5 nitrogen and oxygen atoms in total. The number of likely N-dealkylation sites (tertiary alicyclic amines) is 1. The van der Waals surface area contributed by atoms with Crippen molar-refractivity contribution in [2.75, 3.05) is 25.0 Å². The molecule has 2 aromatic carbocycles. The average Bonchev–Trinajstić information content (AvgIpc) is 2.72. The maximum atomic E-state index is 14.5. The minimum atomic E-state index is -1.27. The lowest BCUT2D eigenvalue weighted by molar-refractivity contribution is -0.1000. The van der Waals surface area contributed by atoms with E-state index in [-0.39, 0.29) is 30.4 Å². The number of rotatable bonds is 6. The molecule has 1 aliphatic heterocycles. The van der Waals surface area contributed by atoms with Gasteiger partial charge in [0, 0.05) is 6.04 Å². The fourth-order valence-corrected chi connectivity index (χ4v) is 3.41. The molecule has 1 fully saturated rings. The molecule has 2 aromatic rings. The van der Waals surface area contributed by atoms with Crippen molar-refractivity contribution in [1.82, 2.24) is 10.2 Å². The number of anilines is 2. The Morgan fingerprint density at radius 3 is 2.39 bits per heavy atom. The molecule has 3 N–H and O–H groups in total. The fraction of sp³-hybridized carbons (Fsp3) is 0.435. The van der Waals surface area contributed by atoms with Gasteiger partial charge < -0.3 is 20.6 Å². The maximum Gasteiger partial charge on any atom is 0.256 e. The molecule has 0 bridgehead atoms. The van der Waals surface area contributed by atoms with Crippen LogP contribution in [0.5, 0.6) is 0 Å². The summed E-state index contributed by atoms with van der Waals surface area (Å²) in [5, 5.41) is 16.2. The van der Waals surface area contributed by atoms with E-state index in [9.17, 15) is 23.1 Å². The van der Waals surface area contributed by atoms with Gasteiger partial charge in [0.05, 0.1) is 30.0 Å². The Balaban J connectivity index is 0.00000166. The predicted molar refractivity (Wildman–Crippen MR) is 116 cm³/mol. The predicted octanol–water partition coefficient (Wildman–Crippen LogP) is 4.37. The highest BCUT2D eigenvalue weighted by atomic mass is 19.2. The van der Waals surface area contributed by atoms with Gasteiger partial charge in [-0.15, -0.1) is 0 Å². The summed E-state index contributed by atoms with van der Waals surface area (Å²) in [6.45, 7) is 10.2. The average molecular weight is 438 g/mol. The van der Waals surface area contributed by atoms with Gasteiger partial charge in [-0.1, -0.05) is 26.8 Å². The van der Waals surface area contributed by atoms with Gasteiger partial charge in [0.15, 0.2) is 11.6 Å². The van der Waals surface area contributed by atoms with Crippen molar-refractivity contribution in [3.8, 4) is 0 Å². The van der Waals surface area contributed by atoms with E-state index in [0.717, 1.165) is 12.1 Å². The largest absolute Gasteiger partial charge is 0.385 e. The molecule has 3 rings (SSSR count). The summed E-state index contributed by atoms with van der Waals surface area (Å²) in [5.41, 5.74) is -1.08. The number of aliphatic hydroxyl groups is 1. The lowest BCUT2D eigenvalue weighted by Gasteiger charge is -2.50. The molecule has 1 amide bonds. The second-order valence-electron chi connectivity index (χ2n) is 7.44. The molecule has 1 unspecified atom stereocenters. The molecule has 1 atom stereocenters. The summed E-state index contributed by atoms with van der Waals surface area (Å²) in [5.74, 6) is -3.65. The van der Waals surface area contributed by atoms with Crippen molar-refractivity contribution in [3.63, 3.8) is 0 Å². The van der Waals surface area contributed by atoms with Gasteiger partial charge in [-0.3, -0.25) is 4.79 Å². The highest BCUT2D eigenvalue weighted by Gasteiger charge is 2.47. The van der Waals surface area contributed by atoms with Crippen molar-refractivity contribution in [2.45, 2.75) is 46.3 Å². The first kappa shape index (κ1) is 24.7. The first-order valence-corrected chi connectivity index (χ1v) is 10.4. The van der Waals surface area contributed by atoms with Crippen LogP contribution in [0.25, 0.3) is 0 Å². The summed E-state index contributed by atoms with van der Waals surface area (Å²) in [7, 11) is 0. The summed E-state index contributed by atoms with van der Waals surface area (Å²) in [6.07, 6.45) is 0. The minimum Gasteiger partial charge on any atom is -0.385 e. The second kappa shape index (κ2) is 10.2. The van der Waals surface area contributed by atoms with E-state index in [4.69, 9.17) is 0 Å². The van der Waals surface area contributed by atoms with Crippen molar-refractivity contribution in [1.29, 1.82) is 0 Å². The SMILES string of the molecule is CC.CCNC(C)C1(O)CN(C(=O)c2ccc(F)c(F)c2Nc2ccc(C)cc2F)C1. The lowest BCUT2D eigenvalue weighted by Crippen LogP contribution is -2.70. The van der Waals surface area contributed by atoms with E-state index in [1.165, 1.54) is 17.0 Å². The zero-order chi connectivity index (χ0) is 23.3. The van der Waals surface area contributed by atoms with E-state index in [0.29, 0.717) is 12.1 Å². The third-order valence-electron chi connectivity index (χ3n) is 5.24. The normalized spacial score (nSPS) is 15.5. The summed E-state index contributed by atoms with van der Waals surface area (Å²) >= 11 is 0.